The molecule has 1 aromatic rings. The number of rotatable bonds is 2. The monoisotopic (exact) mass is 440 g/mol. The van der Waals surface area contributed by atoms with Crippen LogP contribution in [-0.4, -0.2) is 24.8 Å². The topological polar surface area (TPSA) is 99.7 Å². The molecule has 1 fully saturated rings. The van der Waals surface area contributed by atoms with Crippen LogP contribution < -0.4 is 4.90 Å². The Labute approximate surface area is 172 Å². The zero-order chi connectivity index (χ0) is 20.6. The summed E-state index contributed by atoms with van der Waals surface area (Å²) in [7, 11) is 0. The second-order valence-electron chi connectivity index (χ2n) is 7.68. The van der Waals surface area contributed by atoms with Crippen LogP contribution in [0.4, 0.5) is 4.39 Å². The van der Waals surface area contributed by atoms with Gasteiger partial charge in [-0.15, -0.1) is 0 Å². The summed E-state index contributed by atoms with van der Waals surface area (Å²) in [5.74, 6) is -2.66. The second kappa shape index (κ2) is 7.47. The van der Waals surface area contributed by atoms with Crippen molar-refractivity contribution in [3.63, 3.8) is 0 Å². The molecular weight excluding hydrogens is 421 g/mol. The maximum Gasteiger partial charge on any atom is 0.190 e. The lowest BCUT2D eigenvalue weighted by Crippen LogP contribution is -3.16. The van der Waals surface area contributed by atoms with Crippen LogP contribution >= 0.6 is 15.9 Å². The Kier molecular flexibility index (Phi) is 5.39. The summed E-state index contributed by atoms with van der Waals surface area (Å²) >= 11 is 3.35. The fraction of sp³-hybridized carbons (Fsp3) is 0.429. The molecule has 4 atom stereocenters. The van der Waals surface area contributed by atoms with Gasteiger partial charge in [-0.05, 0) is 49.3 Å². The van der Waals surface area contributed by atoms with E-state index in [2.05, 4.69) is 35.8 Å². The molecule has 1 aromatic carbocycles. The van der Waals surface area contributed by atoms with Gasteiger partial charge in [0.2, 0.25) is 0 Å². The number of nitrogens with one attached hydrogen (secondary N) is 2. The molecule has 0 spiro atoms. The summed E-state index contributed by atoms with van der Waals surface area (Å²) in [6.45, 7) is 5.44. The van der Waals surface area contributed by atoms with Crippen molar-refractivity contribution in [2.75, 3.05) is 13.1 Å². The molecule has 0 saturated heterocycles. The van der Waals surface area contributed by atoms with Crippen LogP contribution in [0.3, 0.4) is 0 Å². The molecule has 2 N–H and O–H groups in total. The third kappa shape index (κ3) is 2.94. The molecular formula is C21H20BrFN5+. The van der Waals surface area contributed by atoms with E-state index >= 15 is 0 Å². The molecule has 1 aliphatic carbocycles. The number of nitriles is 3. The lowest BCUT2D eigenvalue weighted by atomic mass is 9.54. The van der Waals surface area contributed by atoms with E-state index in [1.165, 1.54) is 11.0 Å². The van der Waals surface area contributed by atoms with Gasteiger partial charge in [-0.1, -0.05) is 15.9 Å². The highest BCUT2D eigenvalue weighted by Gasteiger charge is 2.59. The largest absolute Gasteiger partial charge is 0.329 e. The zero-order valence-corrected chi connectivity index (χ0v) is 17.2. The van der Waals surface area contributed by atoms with Crippen LogP contribution in [0.5, 0.6) is 0 Å². The van der Waals surface area contributed by atoms with E-state index in [1.807, 2.05) is 18.2 Å². The molecule has 0 aromatic heterocycles. The molecule has 0 radical (unpaired) electrons. The molecule has 5 nitrogen and oxygen atoms in total. The van der Waals surface area contributed by atoms with Gasteiger partial charge in [0.1, 0.15) is 11.7 Å². The van der Waals surface area contributed by atoms with Gasteiger partial charge in [0.05, 0.1) is 43.1 Å². The number of nitrogens with zero attached hydrogens (tertiary/aromatic N) is 3. The number of halogens is 2. The maximum absolute atomic E-state index is 14.9. The van der Waals surface area contributed by atoms with Crippen molar-refractivity contribution >= 4 is 21.6 Å². The van der Waals surface area contributed by atoms with Crippen molar-refractivity contribution < 1.29 is 9.29 Å². The molecule has 7 heteroatoms. The molecule has 1 heterocycles. The highest BCUT2D eigenvalue weighted by Crippen LogP contribution is 2.53. The molecule has 142 valence electrons. The van der Waals surface area contributed by atoms with Crippen LogP contribution in [0.2, 0.25) is 0 Å². The number of benzene rings is 1. The van der Waals surface area contributed by atoms with Crippen molar-refractivity contribution in [3.8, 4) is 18.2 Å². The van der Waals surface area contributed by atoms with E-state index in [9.17, 15) is 20.2 Å². The summed E-state index contributed by atoms with van der Waals surface area (Å²) in [6.07, 6.45) is 1.95. The molecule has 2 unspecified atom stereocenters. The van der Waals surface area contributed by atoms with Gasteiger partial charge < -0.3 is 10.3 Å². The number of hydrogen-bond donors (Lipinski definition) is 2. The predicted molar refractivity (Wildman–Crippen MR) is 105 cm³/mol. The van der Waals surface area contributed by atoms with Crippen LogP contribution in [0, 0.1) is 62.5 Å². The third-order valence-corrected chi connectivity index (χ3v) is 6.51. The van der Waals surface area contributed by atoms with Gasteiger partial charge in [-0.2, -0.15) is 15.8 Å². The van der Waals surface area contributed by atoms with E-state index in [0.717, 1.165) is 5.57 Å². The van der Waals surface area contributed by atoms with Crippen LogP contribution in [0.1, 0.15) is 25.3 Å². The quantitative estimate of drug-likeness (QED) is 0.691. The smallest absolute Gasteiger partial charge is 0.190 e. The molecule has 0 bridgehead atoms. The lowest BCUT2D eigenvalue weighted by molar-refractivity contribution is -0.920. The molecule has 3 rings (SSSR count). The summed E-state index contributed by atoms with van der Waals surface area (Å²) < 4.78 is 15.5. The van der Waals surface area contributed by atoms with Gasteiger partial charge in [-0.3, -0.25) is 0 Å². The van der Waals surface area contributed by atoms with Gasteiger partial charge in [0, 0.05) is 16.3 Å². The third-order valence-electron chi connectivity index (χ3n) is 6.02. The van der Waals surface area contributed by atoms with Crippen LogP contribution in [-0.2, 0) is 0 Å². The minimum absolute atomic E-state index is 0.236. The van der Waals surface area contributed by atoms with E-state index < -0.39 is 23.1 Å². The van der Waals surface area contributed by atoms with E-state index in [4.69, 9.17) is 5.41 Å². The second-order valence-corrected chi connectivity index (χ2v) is 8.60. The van der Waals surface area contributed by atoms with E-state index in [-0.39, 0.29) is 17.2 Å². The Morgan fingerprint density at radius 3 is 2.54 bits per heavy atom. The minimum atomic E-state index is -1.89. The number of quaternary nitrogens is 1. The van der Waals surface area contributed by atoms with Crippen molar-refractivity contribution in [1.82, 2.24) is 0 Å². The first-order valence-electron chi connectivity index (χ1n) is 9.11. The summed E-state index contributed by atoms with van der Waals surface area (Å²) in [5, 5.41) is 38.3. The summed E-state index contributed by atoms with van der Waals surface area (Å²) in [4.78, 5) is 1.24. The maximum atomic E-state index is 14.9. The normalized spacial score (nSPS) is 28.5. The summed E-state index contributed by atoms with van der Waals surface area (Å²) in [5.41, 5.74) is -1.16. The first-order valence-corrected chi connectivity index (χ1v) is 9.90. The fourth-order valence-corrected chi connectivity index (χ4v) is 4.87. The van der Waals surface area contributed by atoms with Gasteiger partial charge in [-0.25, -0.2) is 4.39 Å². The Bertz CT molecular complexity index is 964. The Morgan fingerprint density at radius 1 is 1.29 bits per heavy atom. The van der Waals surface area contributed by atoms with E-state index in [0.29, 0.717) is 23.6 Å². The molecule has 2 aliphatic rings. The van der Waals surface area contributed by atoms with Crippen molar-refractivity contribution in [1.29, 1.82) is 21.2 Å². The fourth-order valence-electron chi connectivity index (χ4n) is 4.49. The molecule has 1 saturated carbocycles. The molecule has 0 amide bonds. The van der Waals surface area contributed by atoms with Gasteiger partial charge in [0.25, 0.3) is 0 Å². The van der Waals surface area contributed by atoms with Crippen LogP contribution in [0.25, 0.3) is 0 Å². The van der Waals surface area contributed by atoms with Gasteiger partial charge >= 0.3 is 0 Å². The Morgan fingerprint density at radius 2 is 1.96 bits per heavy atom. The lowest BCUT2D eigenvalue weighted by Gasteiger charge is -2.47. The Hall–Kier alpha value is -2.53. The average molecular weight is 441 g/mol. The minimum Gasteiger partial charge on any atom is -0.329 e. The highest BCUT2D eigenvalue weighted by molar-refractivity contribution is 9.10. The average Bonchev–Trinajstić information content (AvgIpc) is 2.69. The molecule has 28 heavy (non-hydrogen) atoms. The van der Waals surface area contributed by atoms with Crippen molar-refractivity contribution in [3.05, 3.63) is 45.7 Å². The van der Waals surface area contributed by atoms with Crippen molar-refractivity contribution in [2.24, 2.45) is 17.3 Å². The standard InChI is InChI=1S/C21H19BrFN5/c1-12(2)28-6-5-14-16(8-24)20(27)21(10-25,11-26)19(17(14)9-28)15-7-13(22)3-4-18(15)23/h3-5,7,12,16-17,19,27H,6,9H2,1-2H3/p+1/t16?,17-,19+/m1/s1. The van der Waals surface area contributed by atoms with Gasteiger partial charge in [0.15, 0.2) is 5.41 Å². The highest BCUT2D eigenvalue weighted by atomic mass is 79.9. The molecule has 1 aliphatic heterocycles. The van der Waals surface area contributed by atoms with Crippen molar-refractivity contribution in [2.45, 2.75) is 25.8 Å². The Balaban J connectivity index is 2.30. The first-order chi connectivity index (χ1) is 13.3. The number of hydrogen-bond acceptors (Lipinski definition) is 4. The predicted octanol–water partition coefficient (Wildman–Crippen LogP) is 2.73. The van der Waals surface area contributed by atoms with Crippen LogP contribution in [0.15, 0.2) is 34.3 Å². The number of fused-ring (bicyclic) bond motifs is 1. The first kappa shape index (κ1) is 20.2. The summed E-state index contributed by atoms with van der Waals surface area (Å²) in [6, 6.07) is 10.9. The SMILES string of the molecule is CC(C)[NH+]1CC=C2C(C#N)C(=N)C(C#N)(C#N)[C@@H](c3cc(Br)ccc3F)[C@@H]2C1. The zero-order valence-electron chi connectivity index (χ0n) is 15.6. The van der Waals surface area contributed by atoms with E-state index in [1.54, 1.807) is 12.1 Å².